The van der Waals surface area contributed by atoms with Crippen LogP contribution in [0.25, 0.3) is 0 Å². The minimum absolute atomic E-state index is 0.194. The zero-order valence-electron chi connectivity index (χ0n) is 17.8. The summed E-state index contributed by atoms with van der Waals surface area (Å²) in [5.74, 6) is -0.219. The van der Waals surface area contributed by atoms with E-state index in [1.165, 1.54) is 6.92 Å². The van der Waals surface area contributed by atoms with Crippen LogP contribution in [0, 0.1) is 11.3 Å². The number of aliphatic hydroxyl groups is 4. The van der Waals surface area contributed by atoms with Gasteiger partial charge in [0, 0.05) is 11.3 Å². The lowest BCUT2D eigenvalue weighted by Crippen LogP contribution is -2.57. The van der Waals surface area contributed by atoms with Crippen LogP contribution in [0.1, 0.15) is 25.3 Å². The fourth-order valence-electron chi connectivity index (χ4n) is 3.88. The Morgan fingerprint density at radius 1 is 1.22 bits per heavy atom. The Morgan fingerprint density at radius 3 is 2.41 bits per heavy atom. The molecule has 5 N–H and O–H groups in total. The van der Waals surface area contributed by atoms with Crippen LogP contribution >= 0.6 is 11.8 Å². The second-order valence-electron chi connectivity index (χ2n) is 7.60. The number of nitrogens with zero attached hydrogens (tertiary/aromatic N) is 1. The Hall–Kier alpha value is -2.39. The number of aliphatic hydroxyl groups excluding tert-OH is 4. The number of carbonyl (C=O) groups is 1. The van der Waals surface area contributed by atoms with Crippen LogP contribution in [0.15, 0.2) is 46.1 Å². The lowest BCUT2D eigenvalue weighted by molar-refractivity contribution is -0.205. The molecule has 10 heteroatoms. The van der Waals surface area contributed by atoms with E-state index in [1.54, 1.807) is 38.3 Å². The molecule has 1 fully saturated rings. The van der Waals surface area contributed by atoms with Crippen LogP contribution in [0.5, 0.6) is 5.75 Å². The molecule has 1 saturated heterocycles. The molecule has 1 unspecified atom stereocenters. The Labute approximate surface area is 190 Å². The molecule has 2 heterocycles. The predicted molar refractivity (Wildman–Crippen MR) is 116 cm³/mol. The molecule has 0 amide bonds. The molecule has 0 aliphatic carbocycles. The van der Waals surface area contributed by atoms with Crippen molar-refractivity contribution < 1.29 is 34.7 Å². The van der Waals surface area contributed by atoms with Gasteiger partial charge in [-0.05, 0) is 31.5 Å². The highest BCUT2D eigenvalue weighted by molar-refractivity contribution is 8.03. The lowest BCUT2D eigenvalue weighted by Gasteiger charge is -2.40. The van der Waals surface area contributed by atoms with E-state index in [0.717, 1.165) is 11.8 Å². The molecule has 0 spiro atoms. The molecule has 9 nitrogen and oxygen atoms in total. The first-order chi connectivity index (χ1) is 15.2. The first kappa shape index (κ1) is 24.3. The number of benzene rings is 1. The fourth-order valence-corrected chi connectivity index (χ4v) is 5.12. The maximum atomic E-state index is 12.5. The zero-order valence-corrected chi connectivity index (χ0v) is 18.7. The van der Waals surface area contributed by atoms with Gasteiger partial charge in [0.2, 0.25) is 0 Å². The quantitative estimate of drug-likeness (QED) is 0.404. The van der Waals surface area contributed by atoms with Gasteiger partial charge in [-0.2, -0.15) is 5.26 Å². The molecule has 1 aromatic carbocycles. The first-order valence-corrected chi connectivity index (χ1v) is 10.9. The average Bonchev–Trinajstić information content (AvgIpc) is 2.78. The van der Waals surface area contributed by atoms with Gasteiger partial charge < -0.3 is 35.2 Å². The monoisotopic (exact) mass is 462 g/mol. The minimum Gasteiger partial charge on any atom is -0.497 e. The number of methoxy groups -OCH3 is 1. The SMILES string of the molecule is COc1ccc(C2C(C#N)=C(S[C@@H]3O[C@H](CO)[C@@H](O)[C@H](O)[C@H]3O)NC(C)=C2C(C)=O)cc1. The van der Waals surface area contributed by atoms with Crippen molar-refractivity contribution in [3.05, 3.63) is 51.7 Å². The van der Waals surface area contributed by atoms with Crippen molar-refractivity contribution in [2.24, 2.45) is 0 Å². The van der Waals surface area contributed by atoms with Gasteiger partial charge in [-0.1, -0.05) is 23.9 Å². The van der Waals surface area contributed by atoms with Crippen molar-refractivity contribution in [3.63, 3.8) is 0 Å². The maximum Gasteiger partial charge on any atom is 0.158 e. The fraction of sp³-hybridized carbons (Fsp3) is 0.455. The van der Waals surface area contributed by atoms with Gasteiger partial charge in [0.25, 0.3) is 0 Å². The molecule has 2 aliphatic rings. The maximum absolute atomic E-state index is 12.5. The van der Waals surface area contributed by atoms with Crippen LogP contribution in [-0.4, -0.2) is 69.8 Å². The van der Waals surface area contributed by atoms with Gasteiger partial charge in [-0.25, -0.2) is 0 Å². The topological polar surface area (TPSA) is 152 Å². The van der Waals surface area contributed by atoms with E-state index in [1.807, 2.05) is 0 Å². The van der Waals surface area contributed by atoms with Crippen molar-refractivity contribution in [1.29, 1.82) is 5.26 Å². The van der Waals surface area contributed by atoms with Crippen molar-refractivity contribution >= 4 is 17.5 Å². The lowest BCUT2D eigenvalue weighted by atomic mass is 9.81. The number of thioether (sulfide) groups is 1. The molecule has 3 rings (SSSR count). The van der Waals surface area contributed by atoms with Crippen molar-refractivity contribution in [2.45, 2.75) is 49.6 Å². The van der Waals surface area contributed by atoms with Gasteiger partial charge >= 0.3 is 0 Å². The number of ether oxygens (including phenoxy) is 2. The summed E-state index contributed by atoms with van der Waals surface area (Å²) in [6, 6.07) is 9.20. The smallest absolute Gasteiger partial charge is 0.158 e. The molecule has 2 aliphatic heterocycles. The molecule has 172 valence electrons. The molecular formula is C22H26N2O7S. The number of ketones is 1. The zero-order chi connectivity index (χ0) is 23.6. The number of hydrogen-bond donors (Lipinski definition) is 5. The number of Topliss-reactive ketones (excluding diaryl/α,β-unsaturated/α-hetero) is 1. The predicted octanol–water partition coefficient (Wildman–Crippen LogP) is 0.513. The van der Waals surface area contributed by atoms with Gasteiger partial charge in [0.15, 0.2) is 5.78 Å². The van der Waals surface area contributed by atoms with Gasteiger partial charge in [0.1, 0.15) is 35.6 Å². The van der Waals surface area contributed by atoms with Crippen molar-refractivity contribution in [3.8, 4) is 11.8 Å². The largest absolute Gasteiger partial charge is 0.497 e. The average molecular weight is 463 g/mol. The van der Waals surface area contributed by atoms with E-state index in [9.17, 15) is 30.5 Å². The third-order valence-corrected chi connectivity index (χ3v) is 6.74. The van der Waals surface area contributed by atoms with Crippen LogP contribution in [0.3, 0.4) is 0 Å². The number of nitriles is 1. The van der Waals surface area contributed by atoms with Gasteiger partial charge in [0.05, 0.1) is 36.3 Å². The summed E-state index contributed by atoms with van der Waals surface area (Å²) in [6.07, 6.45) is -5.55. The summed E-state index contributed by atoms with van der Waals surface area (Å²) >= 11 is 0.952. The Morgan fingerprint density at radius 2 is 1.88 bits per heavy atom. The van der Waals surface area contributed by atoms with E-state index in [-0.39, 0.29) is 11.4 Å². The van der Waals surface area contributed by atoms with Crippen molar-refractivity contribution in [2.75, 3.05) is 13.7 Å². The van der Waals surface area contributed by atoms with E-state index in [0.29, 0.717) is 27.6 Å². The van der Waals surface area contributed by atoms with Gasteiger partial charge in [-0.15, -0.1) is 0 Å². The highest BCUT2D eigenvalue weighted by Crippen LogP contribution is 2.43. The standard InChI is InChI=1S/C22H26N2O7S/c1-10-16(11(2)26)17(12-4-6-13(30-3)7-5-12)14(8-23)21(24-10)32-22-20(29)19(28)18(27)15(9-25)31-22/h4-7,15,17-20,22,24-25,27-29H,9H2,1-3H3/t15-,17?,18-,19+,20-,22+/m1/s1. The molecule has 1 aromatic rings. The number of rotatable bonds is 6. The number of allylic oxidation sites excluding steroid dienone is 3. The molecule has 0 radical (unpaired) electrons. The van der Waals surface area contributed by atoms with Crippen LogP contribution < -0.4 is 10.1 Å². The number of dihydropyridines is 1. The molecule has 6 atom stereocenters. The summed E-state index contributed by atoms with van der Waals surface area (Å²) in [5.41, 5.74) is 0.863. The Kier molecular flexibility index (Phi) is 7.61. The number of carbonyl (C=O) groups excluding carboxylic acids is 1. The molecule has 0 saturated carbocycles. The summed E-state index contributed by atoms with van der Waals surface area (Å²) < 4.78 is 10.8. The Balaban J connectivity index is 2.02. The first-order valence-electron chi connectivity index (χ1n) is 9.97. The van der Waals surface area contributed by atoms with Crippen LogP contribution in [0.2, 0.25) is 0 Å². The third-order valence-electron chi connectivity index (χ3n) is 5.56. The van der Waals surface area contributed by atoms with E-state index >= 15 is 0 Å². The molecule has 0 bridgehead atoms. The molecule has 0 aromatic heterocycles. The summed E-state index contributed by atoms with van der Waals surface area (Å²) in [7, 11) is 1.54. The molecule has 32 heavy (non-hydrogen) atoms. The van der Waals surface area contributed by atoms with E-state index in [4.69, 9.17) is 9.47 Å². The third kappa shape index (κ3) is 4.54. The molecular weight excluding hydrogens is 436 g/mol. The highest BCUT2D eigenvalue weighted by atomic mass is 32.2. The summed E-state index contributed by atoms with van der Waals surface area (Å²) in [6.45, 7) is 2.60. The normalized spacial score (nSPS) is 30.6. The second-order valence-corrected chi connectivity index (χ2v) is 8.70. The second kappa shape index (κ2) is 10.0. The minimum atomic E-state index is -1.53. The number of nitrogens with one attached hydrogen (secondary N) is 1. The Bertz CT molecular complexity index is 967. The van der Waals surface area contributed by atoms with E-state index < -0.39 is 42.4 Å². The van der Waals surface area contributed by atoms with Crippen LogP contribution in [0.4, 0.5) is 0 Å². The van der Waals surface area contributed by atoms with Crippen molar-refractivity contribution in [1.82, 2.24) is 5.32 Å². The summed E-state index contributed by atoms with van der Waals surface area (Å²) in [5, 5.41) is 53.4. The van der Waals surface area contributed by atoms with E-state index in [2.05, 4.69) is 11.4 Å². The van der Waals surface area contributed by atoms with Gasteiger partial charge in [-0.3, -0.25) is 4.79 Å². The van der Waals surface area contributed by atoms with Crippen LogP contribution in [-0.2, 0) is 9.53 Å². The highest BCUT2D eigenvalue weighted by Gasteiger charge is 2.45. The summed E-state index contributed by atoms with van der Waals surface area (Å²) in [4.78, 5) is 12.5. The number of hydrogen-bond acceptors (Lipinski definition) is 10.